The maximum Gasteiger partial charge on any atom is 0.237 e. The van der Waals surface area contributed by atoms with Gasteiger partial charge < -0.3 is 5.32 Å². The Bertz CT molecular complexity index is 129. The Kier molecular flexibility index (Phi) is 3.68. The van der Waals surface area contributed by atoms with Crippen LogP contribution in [0.2, 0.25) is 0 Å². The summed E-state index contributed by atoms with van der Waals surface area (Å²) in [6.45, 7) is 3.67. The molecule has 1 saturated heterocycles. The van der Waals surface area contributed by atoms with E-state index < -0.39 is 0 Å². The molecule has 60 valence electrons. The van der Waals surface area contributed by atoms with Crippen molar-refractivity contribution >= 4 is 18.3 Å². The fourth-order valence-electron chi connectivity index (χ4n) is 0.897. The molecule has 1 rings (SSSR count). The molecule has 0 aromatic heterocycles. The summed E-state index contributed by atoms with van der Waals surface area (Å²) < 4.78 is 0. The van der Waals surface area contributed by atoms with E-state index in [1.165, 1.54) is 0 Å². The van der Waals surface area contributed by atoms with Crippen LogP contribution < -0.4 is 5.32 Å². The molecule has 0 saturated carbocycles. The summed E-state index contributed by atoms with van der Waals surface area (Å²) in [4.78, 5) is 12.9. The van der Waals surface area contributed by atoms with Crippen LogP contribution in [0, 0.1) is 0 Å². The molecule has 0 spiro atoms. The van der Waals surface area contributed by atoms with Gasteiger partial charge in [-0.05, 0) is 14.0 Å². The van der Waals surface area contributed by atoms with E-state index in [0.717, 1.165) is 13.1 Å². The summed E-state index contributed by atoms with van der Waals surface area (Å²) in [5.74, 6) is 0.142. The van der Waals surface area contributed by atoms with Crippen LogP contribution in [-0.2, 0) is 4.79 Å². The van der Waals surface area contributed by atoms with E-state index in [9.17, 15) is 4.79 Å². The minimum atomic E-state index is 0. The molecule has 1 atom stereocenters. The third kappa shape index (κ3) is 1.85. The van der Waals surface area contributed by atoms with Gasteiger partial charge in [0.2, 0.25) is 5.91 Å². The van der Waals surface area contributed by atoms with Crippen molar-refractivity contribution in [2.24, 2.45) is 0 Å². The number of hydrogen-bond donors (Lipinski definition) is 1. The molecule has 0 aliphatic carbocycles. The van der Waals surface area contributed by atoms with Crippen molar-refractivity contribution in [2.45, 2.75) is 13.0 Å². The number of carbonyl (C=O) groups excluding carboxylic acids is 1. The maximum absolute atomic E-state index is 10.9. The predicted octanol–water partition coefficient (Wildman–Crippen LogP) is -0.142. The lowest BCUT2D eigenvalue weighted by Crippen LogP contribution is -2.51. The van der Waals surface area contributed by atoms with E-state index in [4.69, 9.17) is 0 Å². The van der Waals surface area contributed by atoms with Gasteiger partial charge in [-0.3, -0.25) is 9.69 Å². The number of likely N-dealkylation sites (N-methyl/N-ethyl adjacent to an activating group) is 1. The molecule has 1 aliphatic heterocycles. The van der Waals surface area contributed by atoms with Crippen LogP contribution in [0.5, 0.6) is 0 Å². The van der Waals surface area contributed by atoms with E-state index >= 15 is 0 Å². The Morgan fingerprint density at radius 1 is 1.70 bits per heavy atom. The van der Waals surface area contributed by atoms with Crippen molar-refractivity contribution in [3.05, 3.63) is 0 Å². The second-order valence-electron chi connectivity index (χ2n) is 2.45. The number of rotatable bonds is 0. The van der Waals surface area contributed by atoms with Crippen molar-refractivity contribution in [2.75, 3.05) is 20.1 Å². The van der Waals surface area contributed by atoms with E-state index in [1.54, 1.807) is 0 Å². The minimum Gasteiger partial charge on any atom is -0.353 e. The largest absolute Gasteiger partial charge is 0.353 e. The Hall–Kier alpha value is -0.280. The van der Waals surface area contributed by atoms with Crippen LogP contribution in [0.25, 0.3) is 0 Å². The highest BCUT2D eigenvalue weighted by Gasteiger charge is 2.20. The number of halogens is 1. The molecule has 1 heterocycles. The topological polar surface area (TPSA) is 32.3 Å². The van der Waals surface area contributed by atoms with Gasteiger partial charge in [0.05, 0.1) is 6.04 Å². The van der Waals surface area contributed by atoms with Gasteiger partial charge in [0.1, 0.15) is 0 Å². The Morgan fingerprint density at radius 3 is 2.70 bits per heavy atom. The average Bonchev–Trinajstić information content (AvgIpc) is 1.83. The highest BCUT2D eigenvalue weighted by Crippen LogP contribution is 1.98. The Labute approximate surface area is 67.2 Å². The van der Waals surface area contributed by atoms with Gasteiger partial charge in [-0.15, -0.1) is 12.4 Å². The number of carbonyl (C=O) groups is 1. The molecule has 1 unspecified atom stereocenters. The summed E-state index contributed by atoms with van der Waals surface area (Å²) in [7, 11) is 1.96. The zero-order valence-electron chi connectivity index (χ0n) is 6.26. The number of nitrogens with zero attached hydrogens (tertiary/aromatic N) is 1. The average molecular weight is 165 g/mol. The first kappa shape index (κ1) is 9.72. The number of piperazine rings is 1. The number of amides is 1. The summed E-state index contributed by atoms with van der Waals surface area (Å²) in [5, 5.41) is 2.78. The molecule has 4 heteroatoms. The molecule has 0 aromatic carbocycles. The standard InChI is InChI=1S/C6H12N2O.ClH/c1-5-6(9)7-3-4-8(5)2;/h5H,3-4H2,1-2H3,(H,7,9);1H. The van der Waals surface area contributed by atoms with Crippen molar-refractivity contribution in [1.29, 1.82) is 0 Å². The quantitative estimate of drug-likeness (QED) is 0.541. The zero-order chi connectivity index (χ0) is 6.85. The van der Waals surface area contributed by atoms with Crippen molar-refractivity contribution in [3.8, 4) is 0 Å². The van der Waals surface area contributed by atoms with Gasteiger partial charge in [0, 0.05) is 13.1 Å². The summed E-state index contributed by atoms with van der Waals surface area (Å²) in [6, 6.07) is 0.0544. The third-order valence-electron chi connectivity index (χ3n) is 1.80. The fourth-order valence-corrected chi connectivity index (χ4v) is 0.897. The minimum absolute atomic E-state index is 0. The molecule has 0 aromatic rings. The Balaban J connectivity index is 0.000000810. The molecule has 1 fully saturated rings. The fraction of sp³-hybridized carbons (Fsp3) is 0.833. The highest BCUT2D eigenvalue weighted by molar-refractivity contribution is 5.85. The van der Waals surface area contributed by atoms with Gasteiger partial charge >= 0.3 is 0 Å². The molecule has 1 N–H and O–H groups in total. The van der Waals surface area contributed by atoms with Crippen molar-refractivity contribution < 1.29 is 4.79 Å². The van der Waals surface area contributed by atoms with Crippen LogP contribution in [0.1, 0.15) is 6.92 Å². The van der Waals surface area contributed by atoms with Crippen LogP contribution >= 0.6 is 12.4 Å². The molecule has 1 aliphatic rings. The SMILES string of the molecule is CC1C(=O)NCCN1C.Cl. The summed E-state index contributed by atoms with van der Waals surface area (Å²) in [5.41, 5.74) is 0. The lowest BCUT2D eigenvalue weighted by atomic mass is 10.2. The summed E-state index contributed by atoms with van der Waals surface area (Å²) in [6.07, 6.45) is 0. The van der Waals surface area contributed by atoms with Gasteiger partial charge in [-0.2, -0.15) is 0 Å². The third-order valence-corrected chi connectivity index (χ3v) is 1.80. The first-order valence-corrected chi connectivity index (χ1v) is 3.20. The van der Waals surface area contributed by atoms with Gasteiger partial charge in [0.25, 0.3) is 0 Å². The number of hydrogen-bond acceptors (Lipinski definition) is 2. The van der Waals surface area contributed by atoms with E-state index in [0.29, 0.717) is 0 Å². The second kappa shape index (κ2) is 3.78. The van der Waals surface area contributed by atoms with E-state index in [2.05, 4.69) is 5.32 Å². The zero-order valence-corrected chi connectivity index (χ0v) is 7.07. The van der Waals surface area contributed by atoms with Crippen molar-refractivity contribution in [1.82, 2.24) is 10.2 Å². The normalized spacial score (nSPS) is 27.0. The maximum atomic E-state index is 10.9. The lowest BCUT2D eigenvalue weighted by molar-refractivity contribution is -0.127. The van der Waals surface area contributed by atoms with Crippen LogP contribution in [-0.4, -0.2) is 37.0 Å². The Morgan fingerprint density at radius 2 is 2.30 bits per heavy atom. The summed E-state index contributed by atoms with van der Waals surface area (Å²) >= 11 is 0. The van der Waals surface area contributed by atoms with Crippen LogP contribution in [0.15, 0.2) is 0 Å². The predicted molar refractivity (Wildman–Crippen MR) is 42.3 cm³/mol. The van der Waals surface area contributed by atoms with Gasteiger partial charge in [-0.25, -0.2) is 0 Å². The van der Waals surface area contributed by atoms with E-state index in [-0.39, 0.29) is 24.4 Å². The smallest absolute Gasteiger partial charge is 0.237 e. The van der Waals surface area contributed by atoms with Gasteiger partial charge in [-0.1, -0.05) is 0 Å². The first-order valence-electron chi connectivity index (χ1n) is 3.20. The molecule has 0 radical (unpaired) electrons. The van der Waals surface area contributed by atoms with Crippen LogP contribution in [0.4, 0.5) is 0 Å². The number of nitrogens with one attached hydrogen (secondary N) is 1. The van der Waals surface area contributed by atoms with Gasteiger partial charge in [0.15, 0.2) is 0 Å². The molecule has 3 nitrogen and oxygen atoms in total. The molecular weight excluding hydrogens is 152 g/mol. The first-order chi connectivity index (χ1) is 4.22. The second-order valence-corrected chi connectivity index (χ2v) is 2.45. The molecule has 10 heavy (non-hydrogen) atoms. The molecular formula is C6H13ClN2O. The monoisotopic (exact) mass is 164 g/mol. The molecule has 1 amide bonds. The highest BCUT2D eigenvalue weighted by atomic mass is 35.5. The van der Waals surface area contributed by atoms with E-state index in [1.807, 2.05) is 18.9 Å². The molecule has 0 bridgehead atoms. The lowest BCUT2D eigenvalue weighted by Gasteiger charge is -2.28. The van der Waals surface area contributed by atoms with Crippen LogP contribution in [0.3, 0.4) is 0 Å². The van der Waals surface area contributed by atoms with Crippen molar-refractivity contribution in [3.63, 3.8) is 0 Å².